The van der Waals surface area contributed by atoms with Crippen molar-refractivity contribution in [2.75, 3.05) is 0 Å². The lowest BCUT2D eigenvalue weighted by Crippen LogP contribution is -2.27. The van der Waals surface area contributed by atoms with Crippen LogP contribution >= 0.6 is 0 Å². The number of hydrogen-bond acceptors (Lipinski definition) is 5. The molecule has 0 radical (unpaired) electrons. The Balaban J connectivity index is 2.36. The second-order valence-corrected chi connectivity index (χ2v) is 6.56. The van der Waals surface area contributed by atoms with Crippen LogP contribution in [0.2, 0.25) is 0 Å². The van der Waals surface area contributed by atoms with E-state index >= 15 is 0 Å². The van der Waals surface area contributed by atoms with Crippen molar-refractivity contribution in [2.24, 2.45) is 7.05 Å². The van der Waals surface area contributed by atoms with Crippen LogP contribution in [0, 0.1) is 17.0 Å². The van der Waals surface area contributed by atoms with Crippen molar-refractivity contribution in [3.05, 3.63) is 51.8 Å². The molecule has 1 unspecified atom stereocenters. The van der Waals surface area contributed by atoms with E-state index in [1.165, 1.54) is 18.2 Å². The van der Waals surface area contributed by atoms with Gasteiger partial charge in [0.25, 0.3) is 5.69 Å². The van der Waals surface area contributed by atoms with E-state index in [9.17, 15) is 18.5 Å². The first kappa shape index (κ1) is 16.1. The molecular formula is C13H16N4O4S. The summed E-state index contributed by atoms with van der Waals surface area (Å²) in [7, 11) is -2.27. The summed E-state index contributed by atoms with van der Waals surface area (Å²) in [5.74, 6) is 0. The van der Waals surface area contributed by atoms with Gasteiger partial charge >= 0.3 is 0 Å². The fourth-order valence-corrected chi connectivity index (χ4v) is 3.53. The highest BCUT2D eigenvalue weighted by atomic mass is 32.2. The number of nitrogens with one attached hydrogen (secondary N) is 1. The lowest BCUT2D eigenvalue weighted by atomic mass is 10.1. The first-order valence-electron chi connectivity index (χ1n) is 6.48. The highest BCUT2D eigenvalue weighted by Gasteiger charge is 2.27. The molecule has 1 aromatic heterocycles. The molecule has 9 heteroatoms. The van der Waals surface area contributed by atoms with Crippen molar-refractivity contribution in [3.8, 4) is 0 Å². The Morgan fingerprint density at radius 1 is 1.36 bits per heavy atom. The zero-order valence-electron chi connectivity index (χ0n) is 12.3. The summed E-state index contributed by atoms with van der Waals surface area (Å²) in [6.45, 7) is 3.48. The first-order chi connectivity index (χ1) is 10.2. The number of nitrogens with zero attached hydrogens (tertiary/aromatic N) is 3. The molecule has 1 N–H and O–H groups in total. The van der Waals surface area contributed by atoms with E-state index in [1.54, 1.807) is 24.9 Å². The van der Waals surface area contributed by atoms with Gasteiger partial charge in [-0.05, 0) is 19.9 Å². The maximum atomic E-state index is 12.4. The van der Waals surface area contributed by atoms with Crippen LogP contribution in [-0.2, 0) is 17.1 Å². The summed E-state index contributed by atoms with van der Waals surface area (Å²) in [6.07, 6.45) is 1.57. The van der Waals surface area contributed by atoms with E-state index in [0.717, 1.165) is 11.8 Å². The first-order valence-corrected chi connectivity index (χ1v) is 7.96. The monoisotopic (exact) mass is 324 g/mol. The smallest absolute Gasteiger partial charge is 0.273 e. The SMILES string of the molecule is Cc1c(C(C)NS(=O)(=O)c2ccccc2[N+](=O)[O-])cnn1C. The Labute approximate surface area is 128 Å². The number of nitro benzene ring substituents is 1. The number of para-hydroxylation sites is 1. The Kier molecular flexibility index (Phi) is 4.29. The predicted molar refractivity (Wildman–Crippen MR) is 79.8 cm³/mol. The molecule has 2 aromatic rings. The quantitative estimate of drug-likeness (QED) is 0.665. The van der Waals surface area contributed by atoms with E-state index in [1.807, 2.05) is 6.92 Å². The Bertz CT molecular complexity index is 813. The molecule has 0 amide bonds. The van der Waals surface area contributed by atoms with Gasteiger partial charge in [0.05, 0.1) is 11.1 Å². The molecule has 1 aromatic carbocycles. The molecular weight excluding hydrogens is 308 g/mol. The average molecular weight is 324 g/mol. The molecule has 0 aliphatic heterocycles. The molecule has 1 atom stereocenters. The van der Waals surface area contributed by atoms with Crippen LogP contribution in [0.25, 0.3) is 0 Å². The molecule has 0 bridgehead atoms. The number of aromatic nitrogens is 2. The minimum absolute atomic E-state index is 0.353. The second kappa shape index (κ2) is 5.85. The highest BCUT2D eigenvalue weighted by Crippen LogP contribution is 2.25. The number of sulfonamides is 1. The zero-order valence-corrected chi connectivity index (χ0v) is 13.2. The maximum Gasteiger partial charge on any atom is 0.289 e. The van der Waals surface area contributed by atoms with Gasteiger partial charge in [0.1, 0.15) is 0 Å². The van der Waals surface area contributed by atoms with Crippen LogP contribution < -0.4 is 4.72 Å². The highest BCUT2D eigenvalue weighted by molar-refractivity contribution is 7.89. The van der Waals surface area contributed by atoms with Crippen molar-refractivity contribution in [1.82, 2.24) is 14.5 Å². The van der Waals surface area contributed by atoms with Gasteiger partial charge in [0.2, 0.25) is 10.0 Å². The van der Waals surface area contributed by atoms with Gasteiger partial charge < -0.3 is 0 Å². The summed E-state index contributed by atoms with van der Waals surface area (Å²) in [4.78, 5) is 9.91. The van der Waals surface area contributed by atoms with Crippen LogP contribution in [0.4, 0.5) is 5.69 Å². The molecule has 8 nitrogen and oxygen atoms in total. The summed E-state index contributed by atoms with van der Waals surface area (Å²) in [5, 5.41) is 15.0. The Hall–Kier alpha value is -2.26. The fraction of sp³-hybridized carbons (Fsp3) is 0.308. The standard InChI is InChI=1S/C13H16N4O4S/c1-9(11-8-14-16(3)10(11)2)15-22(20,21)13-7-5-4-6-12(13)17(18)19/h4-9,15H,1-3H3. The lowest BCUT2D eigenvalue weighted by molar-refractivity contribution is -0.387. The van der Waals surface area contributed by atoms with Crippen molar-refractivity contribution < 1.29 is 13.3 Å². The molecule has 1 heterocycles. The van der Waals surface area contributed by atoms with E-state index in [-0.39, 0.29) is 4.90 Å². The topological polar surface area (TPSA) is 107 Å². The number of aryl methyl sites for hydroxylation is 1. The third-order valence-electron chi connectivity index (χ3n) is 3.42. The van der Waals surface area contributed by atoms with Crippen LogP contribution in [0.1, 0.15) is 24.2 Å². The average Bonchev–Trinajstić information content (AvgIpc) is 2.78. The van der Waals surface area contributed by atoms with Gasteiger partial charge in [-0.3, -0.25) is 14.8 Å². The molecule has 0 aliphatic carbocycles. The predicted octanol–water partition coefficient (Wildman–Crippen LogP) is 1.68. The normalized spacial score (nSPS) is 13.0. The van der Waals surface area contributed by atoms with Gasteiger partial charge in [-0.2, -0.15) is 5.10 Å². The van der Waals surface area contributed by atoms with Gasteiger partial charge in [-0.15, -0.1) is 0 Å². The van der Waals surface area contributed by atoms with Crippen molar-refractivity contribution >= 4 is 15.7 Å². The third kappa shape index (κ3) is 3.00. The van der Waals surface area contributed by atoms with E-state index in [0.29, 0.717) is 5.56 Å². The summed E-state index contributed by atoms with van der Waals surface area (Å²) < 4.78 is 28.9. The van der Waals surface area contributed by atoms with Gasteiger partial charge in [-0.25, -0.2) is 13.1 Å². The van der Waals surface area contributed by atoms with E-state index in [2.05, 4.69) is 9.82 Å². The van der Waals surface area contributed by atoms with Gasteiger partial charge in [0, 0.05) is 30.4 Å². The zero-order chi connectivity index (χ0) is 16.5. The number of benzene rings is 1. The minimum Gasteiger partial charge on any atom is -0.273 e. The summed E-state index contributed by atoms with van der Waals surface area (Å²) in [5.41, 5.74) is 1.08. The molecule has 0 spiro atoms. The van der Waals surface area contributed by atoms with Crippen LogP contribution in [0.5, 0.6) is 0 Å². The number of hydrogen-bond donors (Lipinski definition) is 1. The van der Waals surface area contributed by atoms with Crippen molar-refractivity contribution in [3.63, 3.8) is 0 Å². The molecule has 22 heavy (non-hydrogen) atoms. The number of rotatable bonds is 5. The summed E-state index contributed by atoms with van der Waals surface area (Å²) in [6, 6.07) is 4.68. The van der Waals surface area contributed by atoms with E-state index in [4.69, 9.17) is 0 Å². The van der Waals surface area contributed by atoms with Crippen LogP contribution in [0.15, 0.2) is 35.4 Å². The van der Waals surface area contributed by atoms with Crippen molar-refractivity contribution in [1.29, 1.82) is 0 Å². The van der Waals surface area contributed by atoms with Crippen LogP contribution in [0.3, 0.4) is 0 Å². The fourth-order valence-electron chi connectivity index (χ4n) is 2.14. The van der Waals surface area contributed by atoms with E-state index < -0.39 is 26.7 Å². The molecule has 2 rings (SSSR count). The van der Waals surface area contributed by atoms with Gasteiger partial charge in [-0.1, -0.05) is 12.1 Å². The second-order valence-electron chi connectivity index (χ2n) is 4.88. The lowest BCUT2D eigenvalue weighted by Gasteiger charge is -2.14. The van der Waals surface area contributed by atoms with Gasteiger partial charge in [0.15, 0.2) is 4.90 Å². The molecule has 118 valence electrons. The largest absolute Gasteiger partial charge is 0.289 e. The molecule has 0 aliphatic rings. The Morgan fingerprint density at radius 2 is 2.00 bits per heavy atom. The van der Waals surface area contributed by atoms with Crippen molar-refractivity contribution in [2.45, 2.75) is 24.8 Å². The minimum atomic E-state index is -4.02. The molecule has 0 fully saturated rings. The molecule has 0 saturated carbocycles. The maximum absolute atomic E-state index is 12.4. The third-order valence-corrected chi connectivity index (χ3v) is 5.01. The Morgan fingerprint density at radius 3 is 2.55 bits per heavy atom. The summed E-state index contributed by atoms with van der Waals surface area (Å²) >= 11 is 0. The van der Waals surface area contributed by atoms with Crippen LogP contribution in [-0.4, -0.2) is 23.1 Å². The number of nitro groups is 1. The molecule has 0 saturated heterocycles.